The third-order valence-corrected chi connectivity index (χ3v) is 3.82. The molecule has 0 saturated heterocycles. The highest BCUT2D eigenvalue weighted by Crippen LogP contribution is 2.35. The minimum Gasteiger partial charge on any atom is -0.481 e. The number of benzene rings is 1. The van der Waals surface area contributed by atoms with Gasteiger partial charge in [-0.3, -0.25) is 4.79 Å². The van der Waals surface area contributed by atoms with Gasteiger partial charge in [-0.1, -0.05) is 23.8 Å². The van der Waals surface area contributed by atoms with Gasteiger partial charge in [-0.25, -0.2) is 4.98 Å². The second-order valence-corrected chi connectivity index (χ2v) is 5.13. The van der Waals surface area contributed by atoms with Gasteiger partial charge >= 0.3 is 5.97 Å². The second kappa shape index (κ2) is 4.23. The summed E-state index contributed by atoms with van der Waals surface area (Å²) in [5.41, 5.74) is 4.02. The molecule has 1 N–H and O–H groups in total. The molecule has 0 radical (unpaired) electrons. The zero-order valence-corrected chi connectivity index (χ0v) is 11.1. The van der Waals surface area contributed by atoms with Crippen LogP contribution >= 0.6 is 0 Å². The molecule has 1 aromatic carbocycles. The number of aromatic nitrogens is 2. The summed E-state index contributed by atoms with van der Waals surface area (Å²) in [6.45, 7) is 2.04. The quantitative estimate of drug-likeness (QED) is 0.898. The smallest absolute Gasteiger partial charge is 0.312 e. The van der Waals surface area contributed by atoms with Crippen LogP contribution in [0.3, 0.4) is 0 Å². The van der Waals surface area contributed by atoms with Crippen LogP contribution in [0, 0.1) is 6.92 Å². The summed E-state index contributed by atoms with van der Waals surface area (Å²) in [4.78, 5) is 15.8. The monoisotopic (exact) mass is 256 g/mol. The minimum absolute atomic E-state index is 0.445. The van der Waals surface area contributed by atoms with Crippen molar-refractivity contribution < 1.29 is 9.90 Å². The van der Waals surface area contributed by atoms with E-state index in [0.29, 0.717) is 6.42 Å². The standard InChI is InChI=1S/C15H16N2O2/c1-9-4-3-5-10(8-9)14-16-13-11(15(18)19)6-7-12(13)17(14)2/h3-5,8,11H,6-7H2,1-2H3,(H,18,19). The van der Waals surface area contributed by atoms with Crippen molar-refractivity contribution in [2.45, 2.75) is 25.7 Å². The van der Waals surface area contributed by atoms with Gasteiger partial charge in [0.1, 0.15) is 11.7 Å². The van der Waals surface area contributed by atoms with E-state index in [1.54, 1.807) is 0 Å². The number of hydrogen-bond acceptors (Lipinski definition) is 2. The Bertz CT molecular complexity index is 658. The van der Waals surface area contributed by atoms with Crippen LogP contribution in [0.15, 0.2) is 24.3 Å². The lowest BCUT2D eigenvalue weighted by molar-refractivity contribution is -0.138. The van der Waals surface area contributed by atoms with Gasteiger partial charge in [0.2, 0.25) is 0 Å². The second-order valence-electron chi connectivity index (χ2n) is 5.13. The number of carboxylic acid groups (broad SMARTS) is 1. The van der Waals surface area contributed by atoms with Crippen LogP contribution in [0.4, 0.5) is 0 Å². The highest BCUT2D eigenvalue weighted by atomic mass is 16.4. The maximum Gasteiger partial charge on any atom is 0.312 e. The molecule has 0 spiro atoms. The van der Waals surface area contributed by atoms with Crippen LogP contribution in [0.5, 0.6) is 0 Å². The molecule has 4 nitrogen and oxygen atoms in total. The van der Waals surface area contributed by atoms with Crippen LogP contribution in [0.1, 0.15) is 29.3 Å². The molecule has 1 aliphatic carbocycles. The molecule has 3 rings (SSSR count). The van der Waals surface area contributed by atoms with Crippen molar-refractivity contribution in [1.29, 1.82) is 0 Å². The van der Waals surface area contributed by atoms with Crippen molar-refractivity contribution in [3.05, 3.63) is 41.2 Å². The van der Waals surface area contributed by atoms with E-state index in [-0.39, 0.29) is 0 Å². The summed E-state index contributed by atoms with van der Waals surface area (Å²) in [6, 6.07) is 8.13. The lowest BCUT2D eigenvalue weighted by Gasteiger charge is -2.05. The molecule has 0 bridgehead atoms. The SMILES string of the molecule is Cc1cccc(-c2nc3c(n2C)CCC3C(=O)O)c1. The van der Waals surface area contributed by atoms with Crippen LogP contribution in [0.25, 0.3) is 11.4 Å². The molecule has 0 amide bonds. The summed E-state index contributed by atoms with van der Waals surface area (Å²) in [5, 5.41) is 9.23. The van der Waals surface area contributed by atoms with Gasteiger partial charge in [-0.05, 0) is 25.8 Å². The number of carboxylic acids is 1. The number of fused-ring (bicyclic) bond motifs is 1. The van der Waals surface area contributed by atoms with Crippen LogP contribution in [0.2, 0.25) is 0 Å². The molecule has 0 saturated carbocycles. The van der Waals surface area contributed by atoms with Gasteiger partial charge in [-0.2, -0.15) is 0 Å². The van der Waals surface area contributed by atoms with E-state index in [2.05, 4.69) is 11.1 Å². The molecule has 1 atom stereocenters. The van der Waals surface area contributed by atoms with Gasteiger partial charge < -0.3 is 9.67 Å². The lowest BCUT2D eigenvalue weighted by Crippen LogP contribution is -2.08. The highest BCUT2D eigenvalue weighted by Gasteiger charge is 2.33. The first-order chi connectivity index (χ1) is 9.08. The Hall–Kier alpha value is -2.10. The van der Waals surface area contributed by atoms with Crippen LogP contribution in [-0.4, -0.2) is 20.6 Å². The summed E-state index contributed by atoms with van der Waals surface area (Å²) in [7, 11) is 1.97. The van der Waals surface area contributed by atoms with Crippen LogP contribution in [-0.2, 0) is 18.3 Å². The van der Waals surface area contributed by atoms with E-state index in [4.69, 9.17) is 0 Å². The van der Waals surface area contributed by atoms with E-state index in [1.807, 2.05) is 36.7 Å². The van der Waals surface area contributed by atoms with Crippen molar-refractivity contribution in [2.24, 2.45) is 7.05 Å². The Morgan fingerprint density at radius 1 is 1.47 bits per heavy atom. The predicted octanol–water partition coefficient (Wildman–Crippen LogP) is 2.51. The van der Waals surface area contributed by atoms with Crippen molar-refractivity contribution in [3.8, 4) is 11.4 Å². The molecule has 1 heterocycles. The fourth-order valence-corrected chi connectivity index (χ4v) is 2.83. The van der Waals surface area contributed by atoms with Crippen molar-refractivity contribution in [3.63, 3.8) is 0 Å². The lowest BCUT2D eigenvalue weighted by atomic mass is 10.1. The third-order valence-electron chi connectivity index (χ3n) is 3.82. The number of nitrogens with zero attached hydrogens (tertiary/aromatic N) is 2. The summed E-state index contributed by atoms with van der Waals surface area (Å²) in [5.74, 6) is -0.355. The van der Waals surface area contributed by atoms with Gasteiger partial charge in [0.05, 0.1) is 5.69 Å². The Balaban J connectivity index is 2.11. The molecule has 98 valence electrons. The van der Waals surface area contributed by atoms with Gasteiger partial charge in [-0.15, -0.1) is 0 Å². The van der Waals surface area contributed by atoms with Crippen molar-refractivity contribution >= 4 is 5.97 Å². The van der Waals surface area contributed by atoms with E-state index in [1.165, 1.54) is 5.56 Å². The normalized spacial score (nSPS) is 17.5. The van der Waals surface area contributed by atoms with E-state index in [0.717, 1.165) is 29.2 Å². The Morgan fingerprint density at radius 3 is 2.95 bits per heavy atom. The zero-order valence-electron chi connectivity index (χ0n) is 11.1. The first kappa shape index (κ1) is 12.0. The largest absolute Gasteiger partial charge is 0.481 e. The Labute approximate surface area is 111 Å². The molecular formula is C15H16N2O2. The zero-order chi connectivity index (χ0) is 13.6. The highest BCUT2D eigenvalue weighted by molar-refractivity contribution is 5.77. The van der Waals surface area contributed by atoms with E-state index in [9.17, 15) is 9.90 Å². The van der Waals surface area contributed by atoms with Crippen LogP contribution < -0.4 is 0 Å². The molecule has 2 aromatic rings. The maximum absolute atomic E-state index is 11.2. The summed E-state index contributed by atoms with van der Waals surface area (Å²) in [6.07, 6.45) is 1.45. The Kier molecular flexibility index (Phi) is 2.66. The number of imidazole rings is 1. The molecule has 1 aromatic heterocycles. The first-order valence-electron chi connectivity index (χ1n) is 6.43. The average molecular weight is 256 g/mol. The summed E-state index contributed by atoms with van der Waals surface area (Å²) < 4.78 is 2.03. The minimum atomic E-state index is -0.771. The van der Waals surface area contributed by atoms with Gasteiger partial charge in [0.25, 0.3) is 0 Å². The molecular weight excluding hydrogens is 240 g/mol. The van der Waals surface area contributed by atoms with Crippen molar-refractivity contribution in [2.75, 3.05) is 0 Å². The number of hydrogen-bond donors (Lipinski definition) is 1. The van der Waals surface area contributed by atoms with Gasteiger partial charge in [0.15, 0.2) is 0 Å². The van der Waals surface area contributed by atoms with Crippen molar-refractivity contribution in [1.82, 2.24) is 9.55 Å². The first-order valence-corrected chi connectivity index (χ1v) is 6.43. The fourth-order valence-electron chi connectivity index (χ4n) is 2.83. The van der Waals surface area contributed by atoms with Gasteiger partial charge in [0, 0.05) is 18.3 Å². The molecule has 19 heavy (non-hydrogen) atoms. The predicted molar refractivity (Wildman–Crippen MR) is 72.1 cm³/mol. The fraction of sp³-hybridized carbons (Fsp3) is 0.333. The van der Waals surface area contributed by atoms with E-state index < -0.39 is 11.9 Å². The Morgan fingerprint density at radius 2 is 2.26 bits per heavy atom. The topological polar surface area (TPSA) is 55.1 Å². The molecule has 0 aliphatic heterocycles. The summed E-state index contributed by atoms with van der Waals surface area (Å²) >= 11 is 0. The van der Waals surface area contributed by atoms with E-state index >= 15 is 0 Å². The molecule has 0 fully saturated rings. The molecule has 4 heteroatoms. The number of rotatable bonds is 2. The third kappa shape index (κ3) is 1.84. The molecule has 1 unspecified atom stereocenters. The molecule has 1 aliphatic rings. The number of carbonyl (C=O) groups is 1. The number of aliphatic carboxylic acids is 1. The maximum atomic E-state index is 11.2. The average Bonchev–Trinajstić information content (AvgIpc) is 2.90. The number of aryl methyl sites for hydroxylation is 1.